The minimum absolute atomic E-state index is 0.575. The number of nitrogens with zero attached hydrogens (tertiary/aromatic N) is 5. The number of para-hydroxylation sites is 2. The first-order valence-corrected chi connectivity index (χ1v) is 17.5. The van der Waals surface area contributed by atoms with Crippen LogP contribution < -0.4 is 0 Å². The lowest BCUT2D eigenvalue weighted by Gasteiger charge is -2.10. The van der Waals surface area contributed by atoms with Crippen molar-refractivity contribution in [3.8, 4) is 55.3 Å². The van der Waals surface area contributed by atoms with E-state index in [2.05, 4.69) is 54.6 Å². The molecule has 0 atom stereocenters. The van der Waals surface area contributed by atoms with E-state index in [0.717, 1.165) is 75.5 Å². The summed E-state index contributed by atoms with van der Waals surface area (Å²) in [5, 5.41) is 3.88. The molecule has 0 aliphatic carbocycles. The van der Waals surface area contributed by atoms with Gasteiger partial charge in [-0.1, -0.05) is 103 Å². The van der Waals surface area contributed by atoms with E-state index in [9.17, 15) is 0 Å². The molecule has 4 aromatic heterocycles. The van der Waals surface area contributed by atoms with Gasteiger partial charge in [0, 0.05) is 38.6 Å². The van der Waals surface area contributed by atoms with E-state index in [4.69, 9.17) is 29.3 Å². The summed E-state index contributed by atoms with van der Waals surface area (Å²) in [7, 11) is 0. The maximum absolute atomic E-state index is 6.46. The summed E-state index contributed by atoms with van der Waals surface area (Å²) in [6.07, 6.45) is 0. The number of hydrogen-bond acceptors (Lipinski definition) is 8. The quantitative estimate of drug-likeness (QED) is 0.182. The lowest BCUT2D eigenvalue weighted by atomic mass is 10.0. The van der Waals surface area contributed by atoms with Gasteiger partial charge in [0.25, 0.3) is 0 Å². The Labute approximate surface area is 288 Å². The fraction of sp³-hybridized carbons (Fsp3) is 0. The summed E-state index contributed by atoms with van der Waals surface area (Å²) in [5.74, 6) is 1.77. The van der Waals surface area contributed by atoms with Crippen LogP contribution in [0.4, 0.5) is 0 Å². The van der Waals surface area contributed by atoms with Crippen LogP contribution in [0, 0.1) is 0 Å². The first kappa shape index (κ1) is 28.0. The lowest BCUT2D eigenvalue weighted by molar-refractivity contribution is 0.669. The van der Waals surface area contributed by atoms with Crippen LogP contribution in [0.15, 0.2) is 144 Å². The Bertz CT molecular complexity index is 2770. The molecule has 0 N–H and O–H groups in total. The van der Waals surface area contributed by atoms with Gasteiger partial charge < -0.3 is 4.42 Å². The summed E-state index contributed by atoms with van der Waals surface area (Å²) in [5.41, 5.74) is 8.31. The van der Waals surface area contributed by atoms with Crippen molar-refractivity contribution < 1.29 is 4.42 Å². The van der Waals surface area contributed by atoms with Crippen molar-refractivity contribution >= 4 is 65.0 Å². The van der Waals surface area contributed by atoms with Gasteiger partial charge in [0.1, 0.15) is 21.2 Å². The van der Waals surface area contributed by atoms with Crippen molar-refractivity contribution in [1.29, 1.82) is 0 Å². The van der Waals surface area contributed by atoms with Crippen molar-refractivity contribution in [3.05, 3.63) is 140 Å². The van der Waals surface area contributed by atoms with Crippen LogP contribution in [-0.4, -0.2) is 24.9 Å². The fourth-order valence-corrected chi connectivity index (χ4v) is 8.29. The molecular weight excluding hydrogens is 643 g/mol. The van der Waals surface area contributed by atoms with Crippen LogP contribution in [0.3, 0.4) is 0 Å². The molecule has 8 heteroatoms. The maximum Gasteiger partial charge on any atom is 0.164 e. The van der Waals surface area contributed by atoms with Gasteiger partial charge in [0.05, 0.1) is 20.4 Å². The van der Waals surface area contributed by atoms with Crippen molar-refractivity contribution in [3.63, 3.8) is 0 Å². The highest BCUT2D eigenvalue weighted by Crippen LogP contribution is 2.43. The molecule has 6 aromatic carbocycles. The van der Waals surface area contributed by atoms with E-state index >= 15 is 0 Å². The minimum atomic E-state index is 0.575. The average Bonchev–Trinajstić information content (AvgIpc) is 3.90. The summed E-state index contributed by atoms with van der Waals surface area (Å²) in [4.78, 5) is 25.0. The smallest absolute Gasteiger partial charge is 0.164 e. The van der Waals surface area contributed by atoms with Crippen LogP contribution in [0.5, 0.6) is 0 Å². The molecule has 4 heterocycles. The molecule has 0 fully saturated rings. The first-order chi connectivity index (χ1) is 24.2. The van der Waals surface area contributed by atoms with Crippen molar-refractivity contribution in [1.82, 2.24) is 24.9 Å². The number of aromatic nitrogens is 5. The number of thiazole rings is 2. The molecule has 0 spiro atoms. The average molecular weight is 666 g/mol. The molecule has 0 amide bonds. The maximum atomic E-state index is 6.46. The highest BCUT2D eigenvalue weighted by atomic mass is 32.1. The predicted molar refractivity (Wildman–Crippen MR) is 201 cm³/mol. The van der Waals surface area contributed by atoms with Gasteiger partial charge in [-0.05, 0) is 36.4 Å². The van der Waals surface area contributed by atoms with Crippen molar-refractivity contribution in [2.75, 3.05) is 0 Å². The highest BCUT2D eigenvalue weighted by Gasteiger charge is 2.21. The number of rotatable bonds is 5. The minimum Gasteiger partial charge on any atom is -0.456 e. The van der Waals surface area contributed by atoms with Gasteiger partial charge in [0.15, 0.2) is 17.5 Å². The molecule has 0 saturated heterocycles. The SMILES string of the molecule is c1ccc(-c2nc(-c3ccc(-c4nc5ccccc5s4)cc3)nc(-c3cccc4oc5cccc(-c6nc7ccccc7s6)c5c34)n2)cc1. The Morgan fingerprint density at radius 3 is 1.55 bits per heavy atom. The first-order valence-electron chi connectivity index (χ1n) is 15.8. The molecule has 10 rings (SSSR count). The number of benzene rings is 6. The van der Waals surface area contributed by atoms with Gasteiger partial charge in [-0.15, -0.1) is 22.7 Å². The molecule has 10 aromatic rings. The van der Waals surface area contributed by atoms with Gasteiger partial charge >= 0.3 is 0 Å². The summed E-state index contributed by atoms with van der Waals surface area (Å²) in [6, 6.07) is 47.0. The third-order valence-electron chi connectivity index (χ3n) is 8.64. The molecular formula is C41H23N5OS2. The van der Waals surface area contributed by atoms with E-state index in [-0.39, 0.29) is 0 Å². The zero-order chi connectivity index (χ0) is 32.3. The lowest BCUT2D eigenvalue weighted by Crippen LogP contribution is -2.00. The fourth-order valence-electron chi connectivity index (χ4n) is 6.32. The number of fused-ring (bicyclic) bond motifs is 5. The Morgan fingerprint density at radius 2 is 0.878 bits per heavy atom. The normalized spacial score (nSPS) is 11.7. The molecule has 0 aliphatic heterocycles. The highest BCUT2D eigenvalue weighted by molar-refractivity contribution is 7.22. The molecule has 49 heavy (non-hydrogen) atoms. The Hall–Kier alpha value is -6.09. The Kier molecular flexibility index (Phi) is 6.43. The molecule has 0 saturated carbocycles. The zero-order valence-corrected chi connectivity index (χ0v) is 27.4. The topological polar surface area (TPSA) is 77.6 Å². The molecule has 6 nitrogen and oxygen atoms in total. The zero-order valence-electron chi connectivity index (χ0n) is 25.7. The van der Waals surface area contributed by atoms with Gasteiger partial charge in [0.2, 0.25) is 0 Å². The van der Waals surface area contributed by atoms with Gasteiger partial charge in [-0.25, -0.2) is 24.9 Å². The van der Waals surface area contributed by atoms with Gasteiger partial charge in [-0.2, -0.15) is 0 Å². The second kappa shape index (κ2) is 11.3. The van der Waals surface area contributed by atoms with Crippen LogP contribution in [-0.2, 0) is 0 Å². The second-order valence-electron chi connectivity index (χ2n) is 11.7. The van der Waals surface area contributed by atoms with Crippen molar-refractivity contribution in [2.45, 2.75) is 0 Å². The third-order valence-corrected chi connectivity index (χ3v) is 10.8. The molecule has 0 bridgehead atoms. The molecule has 230 valence electrons. The van der Waals surface area contributed by atoms with E-state index in [0.29, 0.717) is 17.5 Å². The number of hydrogen-bond donors (Lipinski definition) is 0. The number of furan rings is 1. The monoisotopic (exact) mass is 665 g/mol. The van der Waals surface area contributed by atoms with Crippen LogP contribution in [0.25, 0.3) is 97.7 Å². The largest absolute Gasteiger partial charge is 0.456 e. The third kappa shape index (κ3) is 4.80. The van der Waals surface area contributed by atoms with E-state index in [1.807, 2.05) is 84.9 Å². The molecule has 0 radical (unpaired) electrons. The van der Waals surface area contributed by atoms with Crippen LogP contribution >= 0.6 is 22.7 Å². The Balaban J connectivity index is 1.16. The summed E-state index contributed by atoms with van der Waals surface area (Å²) >= 11 is 3.37. The predicted octanol–water partition coefficient (Wildman–Crippen LogP) is 11.3. The van der Waals surface area contributed by atoms with Gasteiger partial charge in [-0.3, -0.25) is 0 Å². The standard InChI is InChI=1S/C41H23N5OS2/c1-2-10-24(11-3-1)37-44-38(25-20-22-26(23-21-25)40-42-29-14-4-6-18-33(29)48-40)46-39(45-37)27-12-8-16-31-35(27)36-28(13-9-17-32(36)47-31)41-43-30-15-5-7-19-34(30)49-41/h1-23H. The van der Waals surface area contributed by atoms with E-state index in [1.54, 1.807) is 22.7 Å². The van der Waals surface area contributed by atoms with E-state index in [1.165, 1.54) is 4.70 Å². The molecule has 0 aliphatic rings. The molecule has 0 unspecified atom stereocenters. The van der Waals surface area contributed by atoms with E-state index < -0.39 is 0 Å². The second-order valence-corrected chi connectivity index (χ2v) is 13.7. The van der Waals surface area contributed by atoms with Crippen LogP contribution in [0.1, 0.15) is 0 Å². The summed E-state index contributed by atoms with van der Waals surface area (Å²) in [6.45, 7) is 0. The summed E-state index contributed by atoms with van der Waals surface area (Å²) < 4.78 is 8.77. The Morgan fingerprint density at radius 1 is 0.367 bits per heavy atom. The van der Waals surface area contributed by atoms with Crippen molar-refractivity contribution in [2.24, 2.45) is 0 Å². The van der Waals surface area contributed by atoms with Crippen LogP contribution in [0.2, 0.25) is 0 Å².